The molecule has 0 bridgehead atoms. The Balaban J connectivity index is 1.69. The summed E-state index contributed by atoms with van der Waals surface area (Å²) < 4.78 is 5.87. The van der Waals surface area contributed by atoms with E-state index in [-0.39, 0.29) is 22.4 Å². The second-order valence-corrected chi connectivity index (χ2v) is 11.7. The van der Waals surface area contributed by atoms with E-state index in [2.05, 4.69) is 12.2 Å². The van der Waals surface area contributed by atoms with Crippen molar-refractivity contribution in [1.29, 1.82) is 0 Å². The number of hydrogen-bond acceptors (Lipinski definition) is 5. The molecule has 1 atom stereocenters. The maximum atomic E-state index is 13.1. The van der Waals surface area contributed by atoms with E-state index in [0.717, 1.165) is 37.5 Å². The van der Waals surface area contributed by atoms with E-state index in [4.69, 9.17) is 16.3 Å². The summed E-state index contributed by atoms with van der Waals surface area (Å²) >= 11 is 6.20. The van der Waals surface area contributed by atoms with Gasteiger partial charge in [-0.25, -0.2) is 9.59 Å². The number of aromatic carboxylic acids is 2. The molecule has 0 aliphatic heterocycles. The third-order valence-electron chi connectivity index (χ3n) is 7.56. The van der Waals surface area contributed by atoms with Crippen LogP contribution in [0.25, 0.3) is 0 Å². The average molecular weight is 630 g/mol. The van der Waals surface area contributed by atoms with Gasteiger partial charge in [0.05, 0.1) is 23.3 Å². The van der Waals surface area contributed by atoms with Crippen LogP contribution in [0.3, 0.4) is 0 Å². The van der Waals surface area contributed by atoms with Crippen molar-refractivity contribution in [2.45, 2.75) is 115 Å². The highest BCUT2D eigenvalue weighted by atomic mass is 35.5. The van der Waals surface area contributed by atoms with E-state index in [9.17, 15) is 29.4 Å². The molecule has 0 heterocycles. The third kappa shape index (κ3) is 13.9. The predicted molar refractivity (Wildman–Crippen MR) is 174 cm³/mol. The maximum absolute atomic E-state index is 13.1. The Morgan fingerprint density at radius 3 is 1.64 bits per heavy atom. The first-order valence-electron chi connectivity index (χ1n) is 16.1. The number of benzene rings is 2. The first-order chi connectivity index (χ1) is 21.2. The Morgan fingerprint density at radius 2 is 1.16 bits per heavy atom. The molecule has 2 rings (SSSR count). The fourth-order valence-corrected chi connectivity index (χ4v) is 5.21. The van der Waals surface area contributed by atoms with Crippen LogP contribution in [-0.4, -0.2) is 45.8 Å². The summed E-state index contributed by atoms with van der Waals surface area (Å²) in [6.45, 7) is 2.69. The van der Waals surface area contributed by atoms with Gasteiger partial charge >= 0.3 is 11.9 Å². The van der Waals surface area contributed by atoms with E-state index in [0.29, 0.717) is 12.4 Å². The molecule has 8 nitrogen and oxygen atoms in total. The van der Waals surface area contributed by atoms with Gasteiger partial charge in [-0.2, -0.15) is 0 Å². The highest BCUT2D eigenvalue weighted by Crippen LogP contribution is 2.24. The minimum atomic E-state index is -1.64. The number of anilines is 1. The molecule has 2 aromatic carbocycles. The first-order valence-corrected chi connectivity index (χ1v) is 16.5. The second kappa shape index (κ2) is 21.3. The van der Waals surface area contributed by atoms with Crippen molar-refractivity contribution in [2.24, 2.45) is 0 Å². The smallest absolute Gasteiger partial charge is 0.335 e. The van der Waals surface area contributed by atoms with E-state index in [1.165, 1.54) is 89.5 Å². The van der Waals surface area contributed by atoms with Crippen LogP contribution in [0.2, 0.25) is 0 Å². The number of carbonyl (C=O) groups is 4. The lowest BCUT2D eigenvalue weighted by Gasteiger charge is -2.14. The van der Waals surface area contributed by atoms with E-state index in [1.807, 2.05) is 0 Å². The fraction of sp³-hybridized carbons (Fsp3) is 0.543. The van der Waals surface area contributed by atoms with Crippen molar-refractivity contribution in [3.63, 3.8) is 0 Å². The molecular formula is C35H48ClNO7. The molecule has 242 valence electrons. The molecular weight excluding hydrogens is 582 g/mol. The number of alkyl halides is 1. The number of amides is 1. The zero-order chi connectivity index (χ0) is 32.2. The summed E-state index contributed by atoms with van der Waals surface area (Å²) in [7, 11) is 0. The number of unbranched alkanes of at least 4 members (excludes halogenated alkanes) is 15. The largest absolute Gasteiger partial charge is 0.493 e. The Kier molecular flexibility index (Phi) is 17.8. The van der Waals surface area contributed by atoms with Gasteiger partial charge < -0.3 is 20.3 Å². The van der Waals surface area contributed by atoms with Gasteiger partial charge in [-0.15, -0.1) is 11.6 Å². The molecule has 0 aliphatic carbocycles. The summed E-state index contributed by atoms with van der Waals surface area (Å²) in [5.41, 5.74) is -0.598. The van der Waals surface area contributed by atoms with Gasteiger partial charge in [0.2, 0.25) is 5.91 Å². The molecule has 0 saturated carbocycles. The average Bonchev–Trinajstić information content (AvgIpc) is 3.01. The summed E-state index contributed by atoms with van der Waals surface area (Å²) in [5, 5.41) is 19.2. The molecule has 0 unspecified atom stereocenters. The van der Waals surface area contributed by atoms with Crippen molar-refractivity contribution in [3.05, 3.63) is 59.2 Å². The highest BCUT2D eigenvalue weighted by molar-refractivity contribution is 6.45. The van der Waals surface area contributed by atoms with Crippen molar-refractivity contribution in [3.8, 4) is 5.75 Å². The normalized spacial score (nSPS) is 11.6. The highest BCUT2D eigenvalue weighted by Gasteiger charge is 2.28. The van der Waals surface area contributed by atoms with Gasteiger partial charge in [0.25, 0.3) is 0 Å². The van der Waals surface area contributed by atoms with E-state index >= 15 is 0 Å². The fourth-order valence-electron chi connectivity index (χ4n) is 5.04. The third-order valence-corrected chi connectivity index (χ3v) is 7.96. The SMILES string of the molecule is CCCCCCCCCCCCCCCCCCOc1ccccc1C(=O)[C@H](Cl)C(=O)Nc1cc(C(=O)O)cc(C(=O)O)c1. The Morgan fingerprint density at radius 1 is 0.705 bits per heavy atom. The number of rotatable bonds is 24. The molecule has 1 amide bonds. The van der Waals surface area contributed by atoms with E-state index < -0.39 is 29.0 Å². The van der Waals surface area contributed by atoms with Gasteiger partial charge in [0.1, 0.15) is 5.75 Å². The summed E-state index contributed by atoms with van der Waals surface area (Å²) in [5.74, 6) is -3.99. The monoisotopic (exact) mass is 629 g/mol. The van der Waals surface area contributed by atoms with Gasteiger partial charge in [-0.05, 0) is 36.8 Å². The van der Waals surface area contributed by atoms with Crippen LogP contribution in [0.15, 0.2) is 42.5 Å². The molecule has 2 aromatic rings. The lowest BCUT2D eigenvalue weighted by Crippen LogP contribution is -2.31. The molecule has 0 aromatic heterocycles. The van der Waals surface area contributed by atoms with Crippen molar-refractivity contribution >= 4 is 40.9 Å². The molecule has 0 aliphatic rings. The van der Waals surface area contributed by atoms with E-state index in [1.54, 1.807) is 18.2 Å². The van der Waals surface area contributed by atoms with Gasteiger partial charge in [-0.1, -0.05) is 115 Å². The summed E-state index contributed by atoms with van der Waals surface area (Å²) in [6, 6.07) is 9.71. The molecule has 0 radical (unpaired) electrons. The molecule has 0 spiro atoms. The van der Waals surface area contributed by atoms with Crippen LogP contribution in [0.5, 0.6) is 5.75 Å². The Hall–Kier alpha value is -3.39. The standard InChI is InChI=1S/C35H48ClNO7/c1-2-3-4-5-6-7-8-9-10-11-12-13-14-15-16-19-22-44-30-21-18-17-20-29(30)32(38)31(36)33(39)37-28-24-26(34(40)41)23-27(25-28)35(42)43/h17-18,20-21,23-25,31H,2-16,19,22H2,1H3,(H,37,39)(H,40,41)(H,42,43)/t31-/m0/s1. The zero-order valence-electron chi connectivity index (χ0n) is 26.0. The van der Waals surface area contributed by atoms with Crippen LogP contribution < -0.4 is 10.1 Å². The Labute approximate surface area is 266 Å². The lowest BCUT2D eigenvalue weighted by atomic mass is 10.0. The summed E-state index contributed by atoms with van der Waals surface area (Å²) in [4.78, 5) is 48.5. The molecule has 9 heteroatoms. The molecule has 3 N–H and O–H groups in total. The van der Waals surface area contributed by atoms with Crippen LogP contribution in [0.4, 0.5) is 5.69 Å². The van der Waals surface area contributed by atoms with Crippen molar-refractivity contribution in [1.82, 2.24) is 0 Å². The van der Waals surface area contributed by atoms with Crippen LogP contribution in [0.1, 0.15) is 141 Å². The number of carboxylic acid groups (broad SMARTS) is 2. The van der Waals surface area contributed by atoms with Crippen molar-refractivity contribution < 1.29 is 34.1 Å². The number of halogens is 1. The van der Waals surface area contributed by atoms with Crippen molar-refractivity contribution in [2.75, 3.05) is 11.9 Å². The molecule has 44 heavy (non-hydrogen) atoms. The second-order valence-electron chi connectivity index (χ2n) is 11.3. The number of para-hydroxylation sites is 1. The number of hydrogen-bond donors (Lipinski definition) is 3. The van der Waals surface area contributed by atoms with Crippen LogP contribution in [0, 0.1) is 0 Å². The summed E-state index contributed by atoms with van der Waals surface area (Å²) in [6.07, 6.45) is 20.4. The minimum absolute atomic E-state index is 0.0983. The first kappa shape index (κ1) is 36.8. The maximum Gasteiger partial charge on any atom is 0.335 e. The number of Topliss-reactive ketones (excluding diaryl/α,β-unsaturated/α-hetero) is 1. The lowest BCUT2D eigenvalue weighted by molar-refractivity contribution is -0.115. The van der Waals surface area contributed by atoms with Gasteiger partial charge in [0, 0.05) is 5.69 Å². The topological polar surface area (TPSA) is 130 Å². The van der Waals surface area contributed by atoms with Crippen LogP contribution >= 0.6 is 11.6 Å². The van der Waals surface area contributed by atoms with Crippen LogP contribution in [-0.2, 0) is 4.79 Å². The molecule has 0 saturated heterocycles. The number of ether oxygens (including phenoxy) is 1. The van der Waals surface area contributed by atoms with Gasteiger partial charge in [-0.3, -0.25) is 9.59 Å². The molecule has 0 fully saturated rings. The minimum Gasteiger partial charge on any atom is -0.493 e. The Bertz CT molecular complexity index is 1170. The number of ketones is 1. The quantitative estimate of drug-likeness (QED) is 0.0457. The van der Waals surface area contributed by atoms with Gasteiger partial charge in [0.15, 0.2) is 11.2 Å². The predicted octanol–water partition coefficient (Wildman–Crippen LogP) is 9.15. The number of carbonyl (C=O) groups excluding carboxylic acids is 2. The number of nitrogens with one attached hydrogen (secondary N) is 1. The zero-order valence-corrected chi connectivity index (χ0v) is 26.7. The number of carboxylic acids is 2.